The summed E-state index contributed by atoms with van der Waals surface area (Å²) >= 11 is 0. The molecule has 8 heteroatoms. The molecule has 0 aliphatic carbocycles. The van der Waals surface area contributed by atoms with Crippen LogP contribution in [0.3, 0.4) is 0 Å². The molecular formula is C15H23N3O4S. The topological polar surface area (TPSA) is 83.8 Å². The van der Waals surface area contributed by atoms with Crippen LogP contribution in [0.1, 0.15) is 12.8 Å². The fraction of sp³-hybridized carbons (Fsp3) is 0.600. The van der Waals surface area contributed by atoms with E-state index in [1.165, 1.54) is 12.1 Å². The minimum Gasteiger partial charge on any atom is -0.369 e. The third kappa shape index (κ3) is 4.42. The molecule has 0 radical (unpaired) electrons. The van der Waals surface area contributed by atoms with Crippen molar-refractivity contribution in [3.8, 4) is 0 Å². The zero-order chi connectivity index (χ0) is 17.2. The van der Waals surface area contributed by atoms with Gasteiger partial charge in [0, 0.05) is 32.5 Å². The molecule has 128 valence electrons. The predicted molar refractivity (Wildman–Crippen MR) is 89.7 cm³/mol. The highest BCUT2D eigenvalue weighted by molar-refractivity contribution is 7.90. The number of hydrogen-bond donors (Lipinski definition) is 0. The van der Waals surface area contributed by atoms with Gasteiger partial charge in [-0.05, 0) is 44.5 Å². The summed E-state index contributed by atoms with van der Waals surface area (Å²) in [6.07, 6.45) is 3.28. The summed E-state index contributed by atoms with van der Waals surface area (Å²) in [6.45, 7) is 2.77. The maximum absolute atomic E-state index is 11.6. The van der Waals surface area contributed by atoms with E-state index in [0.717, 1.165) is 38.3 Å². The number of piperidine rings is 1. The minimum absolute atomic E-state index is 0.0289. The van der Waals surface area contributed by atoms with E-state index in [0.29, 0.717) is 18.2 Å². The lowest BCUT2D eigenvalue weighted by Crippen LogP contribution is -2.38. The SMILES string of the molecule is CN1CCCC(CN(C)c2ccc(S(C)(=O)=O)cc2[N+](=O)[O-])C1. The number of likely N-dealkylation sites (tertiary alicyclic amines) is 1. The van der Waals surface area contributed by atoms with Crippen LogP contribution in [0.5, 0.6) is 0 Å². The molecule has 0 bridgehead atoms. The fourth-order valence-corrected chi connectivity index (χ4v) is 3.75. The standard InChI is InChI=1S/C15H23N3O4S/c1-16-8-4-5-12(10-16)11-17(2)14-7-6-13(23(3,21)22)9-15(14)18(19)20/h6-7,9,12H,4-5,8,10-11H2,1-3H3. The van der Waals surface area contributed by atoms with Gasteiger partial charge < -0.3 is 9.80 Å². The van der Waals surface area contributed by atoms with Crippen molar-refractivity contribution in [3.05, 3.63) is 28.3 Å². The third-order valence-corrected chi connectivity index (χ3v) is 5.35. The normalized spacial score (nSPS) is 19.5. The van der Waals surface area contributed by atoms with Crippen molar-refractivity contribution in [1.29, 1.82) is 0 Å². The van der Waals surface area contributed by atoms with Crippen molar-refractivity contribution in [2.75, 3.05) is 44.9 Å². The highest BCUT2D eigenvalue weighted by Crippen LogP contribution is 2.31. The van der Waals surface area contributed by atoms with Crippen molar-refractivity contribution >= 4 is 21.2 Å². The minimum atomic E-state index is -3.47. The first-order valence-electron chi connectivity index (χ1n) is 7.56. The van der Waals surface area contributed by atoms with E-state index in [-0.39, 0.29) is 10.6 Å². The number of nitro benzene ring substituents is 1. The van der Waals surface area contributed by atoms with Gasteiger partial charge in [-0.2, -0.15) is 0 Å². The lowest BCUT2D eigenvalue weighted by atomic mass is 9.98. The molecule has 1 aliphatic rings. The Morgan fingerprint density at radius 2 is 2.13 bits per heavy atom. The molecule has 1 aliphatic heterocycles. The number of nitro groups is 1. The Balaban J connectivity index is 2.25. The van der Waals surface area contributed by atoms with E-state index < -0.39 is 14.8 Å². The molecule has 1 unspecified atom stereocenters. The molecule has 0 N–H and O–H groups in total. The second kappa shape index (κ2) is 6.84. The van der Waals surface area contributed by atoms with Gasteiger partial charge in [0.05, 0.1) is 9.82 Å². The molecule has 1 atom stereocenters. The van der Waals surface area contributed by atoms with E-state index in [9.17, 15) is 18.5 Å². The van der Waals surface area contributed by atoms with Crippen LogP contribution in [0.4, 0.5) is 11.4 Å². The van der Waals surface area contributed by atoms with Crippen LogP contribution in [-0.4, -0.2) is 58.2 Å². The molecule has 1 fully saturated rings. The first kappa shape index (κ1) is 17.7. The van der Waals surface area contributed by atoms with Gasteiger partial charge in [-0.25, -0.2) is 8.42 Å². The van der Waals surface area contributed by atoms with Crippen LogP contribution in [0.25, 0.3) is 0 Å². The smallest absolute Gasteiger partial charge is 0.293 e. The Labute approximate surface area is 137 Å². The van der Waals surface area contributed by atoms with Gasteiger partial charge in [-0.3, -0.25) is 10.1 Å². The van der Waals surface area contributed by atoms with E-state index in [1.54, 1.807) is 0 Å². The van der Waals surface area contributed by atoms with Crippen molar-refractivity contribution in [2.45, 2.75) is 17.7 Å². The summed E-state index contributed by atoms with van der Waals surface area (Å²) in [5, 5.41) is 11.3. The molecule has 0 aromatic heterocycles. The first-order chi connectivity index (χ1) is 10.7. The average molecular weight is 341 g/mol. The van der Waals surface area contributed by atoms with Crippen molar-refractivity contribution in [2.24, 2.45) is 5.92 Å². The monoisotopic (exact) mass is 341 g/mol. The van der Waals surface area contributed by atoms with Crippen molar-refractivity contribution in [3.63, 3.8) is 0 Å². The quantitative estimate of drug-likeness (QED) is 0.599. The highest BCUT2D eigenvalue weighted by atomic mass is 32.2. The van der Waals surface area contributed by atoms with Crippen LogP contribution in [0, 0.1) is 16.0 Å². The molecule has 7 nitrogen and oxygen atoms in total. The number of hydrogen-bond acceptors (Lipinski definition) is 6. The first-order valence-corrected chi connectivity index (χ1v) is 9.46. The van der Waals surface area contributed by atoms with Gasteiger partial charge in [-0.1, -0.05) is 0 Å². The van der Waals surface area contributed by atoms with Gasteiger partial charge in [0.15, 0.2) is 9.84 Å². The Hall–Kier alpha value is -1.67. The van der Waals surface area contributed by atoms with E-state index in [4.69, 9.17) is 0 Å². The Morgan fingerprint density at radius 1 is 1.43 bits per heavy atom. The van der Waals surface area contributed by atoms with Crippen molar-refractivity contribution in [1.82, 2.24) is 4.90 Å². The fourth-order valence-electron chi connectivity index (χ4n) is 3.11. The summed E-state index contributed by atoms with van der Waals surface area (Å²) in [5.74, 6) is 0.452. The predicted octanol–water partition coefficient (Wildman–Crippen LogP) is 1.78. The molecule has 0 spiro atoms. The summed E-state index contributed by atoms with van der Waals surface area (Å²) < 4.78 is 23.2. The van der Waals surface area contributed by atoms with Gasteiger partial charge >= 0.3 is 0 Å². The summed E-state index contributed by atoms with van der Waals surface area (Å²) in [6, 6.07) is 4.11. The molecule has 1 heterocycles. The molecule has 1 aromatic carbocycles. The van der Waals surface area contributed by atoms with E-state index in [2.05, 4.69) is 11.9 Å². The number of nitrogens with zero attached hydrogens (tertiary/aromatic N) is 3. The molecule has 1 aromatic rings. The Morgan fingerprint density at radius 3 is 2.70 bits per heavy atom. The number of benzene rings is 1. The Kier molecular flexibility index (Phi) is 5.26. The molecular weight excluding hydrogens is 318 g/mol. The van der Waals surface area contributed by atoms with Gasteiger partial charge in [0.2, 0.25) is 0 Å². The number of rotatable bonds is 5. The Bertz CT molecular complexity index is 690. The third-order valence-electron chi connectivity index (χ3n) is 4.24. The maximum Gasteiger partial charge on any atom is 0.293 e. The summed E-state index contributed by atoms with van der Waals surface area (Å²) in [4.78, 5) is 14.9. The second-order valence-electron chi connectivity index (χ2n) is 6.33. The number of anilines is 1. The lowest BCUT2D eigenvalue weighted by Gasteiger charge is -2.33. The molecule has 0 saturated carbocycles. The summed E-state index contributed by atoms with van der Waals surface area (Å²) in [5.41, 5.74) is 0.287. The van der Waals surface area contributed by atoms with Gasteiger partial charge in [0.1, 0.15) is 5.69 Å². The molecule has 2 rings (SSSR count). The summed E-state index contributed by atoms with van der Waals surface area (Å²) in [7, 11) is 0.430. The number of sulfone groups is 1. The van der Waals surface area contributed by atoms with Crippen LogP contribution in [-0.2, 0) is 9.84 Å². The molecule has 1 saturated heterocycles. The zero-order valence-corrected chi connectivity index (χ0v) is 14.5. The van der Waals surface area contributed by atoms with Gasteiger partial charge in [-0.15, -0.1) is 0 Å². The second-order valence-corrected chi connectivity index (χ2v) is 8.35. The molecule has 0 amide bonds. The van der Waals surface area contributed by atoms with E-state index >= 15 is 0 Å². The average Bonchev–Trinajstić information content (AvgIpc) is 2.45. The van der Waals surface area contributed by atoms with Gasteiger partial charge in [0.25, 0.3) is 5.69 Å². The van der Waals surface area contributed by atoms with Crippen LogP contribution in [0.15, 0.2) is 23.1 Å². The molecule has 23 heavy (non-hydrogen) atoms. The largest absolute Gasteiger partial charge is 0.369 e. The van der Waals surface area contributed by atoms with E-state index in [1.807, 2.05) is 11.9 Å². The van der Waals surface area contributed by atoms with Crippen LogP contribution in [0.2, 0.25) is 0 Å². The highest BCUT2D eigenvalue weighted by Gasteiger charge is 2.24. The van der Waals surface area contributed by atoms with Crippen molar-refractivity contribution < 1.29 is 13.3 Å². The van der Waals surface area contributed by atoms with Crippen LogP contribution >= 0.6 is 0 Å². The maximum atomic E-state index is 11.6. The lowest BCUT2D eigenvalue weighted by molar-refractivity contribution is -0.384. The van der Waals surface area contributed by atoms with Crippen LogP contribution < -0.4 is 4.90 Å². The zero-order valence-electron chi connectivity index (χ0n) is 13.7.